The third-order valence-corrected chi connectivity index (χ3v) is 6.35. The molecular formula is C25H26F2N6. The highest BCUT2D eigenvalue weighted by atomic mass is 19.1. The van der Waals surface area contributed by atoms with E-state index in [0.717, 1.165) is 30.5 Å². The van der Waals surface area contributed by atoms with Gasteiger partial charge in [0, 0.05) is 12.2 Å². The van der Waals surface area contributed by atoms with Gasteiger partial charge in [-0.05, 0) is 79.5 Å². The SMILES string of the molecule is Cc1cc(F)c(-c2ccc3cnc(Nc4cnccc4C4CC(C)CC(N)C4)n3n2)c(F)c1. The molecule has 1 fully saturated rings. The standard InChI is InChI=1S/C25H26F2N6/c1-14-7-16(11-17(28)8-14)19-5-6-29-13-23(19)31-25-30-12-18-3-4-22(32-33(18)25)24-20(26)9-15(2)10-21(24)27/h3-6,9-10,12-14,16-17H,7-8,11,28H2,1-2H3,(H,30,31). The number of aromatic nitrogens is 4. The molecule has 1 aromatic carbocycles. The van der Waals surface area contributed by atoms with Gasteiger partial charge in [0.2, 0.25) is 5.95 Å². The van der Waals surface area contributed by atoms with E-state index in [1.54, 1.807) is 42.2 Å². The normalized spacial score (nSPS) is 20.8. The van der Waals surface area contributed by atoms with Crippen LogP contribution in [0.25, 0.3) is 16.8 Å². The van der Waals surface area contributed by atoms with Crippen molar-refractivity contribution in [1.82, 2.24) is 19.6 Å². The molecule has 3 N–H and O–H groups in total. The zero-order chi connectivity index (χ0) is 23.1. The zero-order valence-corrected chi connectivity index (χ0v) is 18.6. The van der Waals surface area contributed by atoms with Gasteiger partial charge >= 0.3 is 0 Å². The molecule has 170 valence electrons. The van der Waals surface area contributed by atoms with Gasteiger partial charge in [-0.15, -0.1) is 0 Å². The van der Waals surface area contributed by atoms with Crippen LogP contribution in [0.1, 0.15) is 43.2 Å². The van der Waals surface area contributed by atoms with Crippen molar-refractivity contribution in [2.24, 2.45) is 11.7 Å². The lowest BCUT2D eigenvalue weighted by atomic mass is 9.76. The number of nitrogens with two attached hydrogens (primary N) is 1. The molecule has 0 aliphatic heterocycles. The number of rotatable bonds is 4. The number of imidazole rings is 1. The number of nitrogens with zero attached hydrogens (tertiary/aromatic N) is 4. The molecule has 3 heterocycles. The van der Waals surface area contributed by atoms with Crippen LogP contribution in [-0.2, 0) is 0 Å². The summed E-state index contributed by atoms with van der Waals surface area (Å²) in [6.45, 7) is 3.88. The monoisotopic (exact) mass is 448 g/mol. The van der Waals surface area contributed by atoms with E-state index >= 15 is 0 Å². The maximum absolute atomic E-state index is 14.6. The second-order valence-electron chi connectivity index (χ2n) is 9.10. The van der Waals surface area contributed by atoms with Gasteiger partial charge in [-0.25, -0.2) is 13.8 Å². The van der Waals surface area contributed by atoms with Crippen molar-refractivity contribution in [2.45, 2.75) is 45.1 Å². The first-order valence-electron chi connectivity index (χ1n) is 11.2. The third kappa shape index (κ3) is 4.18. The quantitative estimate of drug-likeness (QED) is 0.440. The minimum Gasteiger partial charge on any atom is -0.328 e. The number of aryl methyl sites for hydroxylation is 1. The van der Waals surface area contributed by atoms with Gasteiger partial charge in [0.1, 0.15) is 11.6 Å². The number of fused-ring (bicyclic) bond motifs is 1. The van der Waals surface area contributed by atoms with E-state index in [1.165, 1.54) is 12.1 Å². The molecule has 8 heteroatoms. The van der Waals surface area contributed by atoms with Gasteiger partial charge in [-0.1, -0.05) is 6.92 Å². The molecule has 1 saturated carbocycles. The number of benzene rings is 1. The van der Waals surface area contributed by atoms with E-state index in [9.17, 15) is 8.78 Å². The van der Waals surface area contributed by atoms with Crippen molar-refractivity contribution < 1.29 is 8.78 Å². The number of anilines is 2. The highest BCUT2D eigenvalue weighted by molar-refractivity contribution is 5.66. The van der Waals surface area contributed by atoms with Gasteiger partial charge in [0.05, 0.1) is 34.9 Å². The Morgan fingerprint density at radius 2 is 1.85 bits per heavy atom. The van der Waals surface area contributed by atoms with Gasteiger partial charge in [0.25, 0.3) is 0 Å². The summed E-state index contributed by atoms with van der Waals surface area (Å²) in [7, 11) is 0. The lowest BCUT2D eigenvalue weighted by Crippen LogP contribution is -2.31. The van der Waals surface area contributed by atoms with Crippen LogP contribution in [0.4, 0.5) is 20.4 Å². The number of pyridine rings is 1. The smallest absolute Gasteiger partial charge is 0.229 e. The maximum Gasteiger partial charge on any atom is 0.229 e. The van der Waals surface area contributed by atoms with Crippen LogP contribution in [-0.4, -0.2) is 25.6 Å². The van der Waals surface area contributed by atoms with Gasteiger partial charge < -0.3 is 11.1 Å². The Morgan fingerprint density at radius 3 is 2.61 bits per heavy atom. The molecule has 3 unspecified atom stereocenters. The molecule has 0 spiro atoms. The van der Waals surface area contributed by atoms with Crippen LogP contribution in [0.5, 0.6) is 0 Å². The van der Waals surface area contributed by atoms with E-state index in [0.29, 0.717) is 28.9 Å². The molecule has 1 aliphatic carbocycles. The number of hydrogen-bond donors (Lipinski definition) is 2. The van der Waals surface area contributed by atoms with Crippen molar-refractivity contribution in [3.05, 3.63) is 71.7 Å². The molecule has 4 aromatic rings. The molecule has 3 atom stereocenters. The highest BCUT2D eigenvalue weighted by Crippen LogP contribution is 2.39. The second kappa shape index (κ2) is 8.51. The van der Waals surface area contributed by atoms with Crippen LogP contribution in [0.2, 0.25) is 0 Å². The molecule has 3 aromatic heterocycles. The summed E-state index contributed by atoms with van der Waals surface area (Å²) in [4.78, 5) is 8.73. The van der Waals surface area contributed by atoms with Gasteiger partial charge in [-0.2, -0.15) is 9.61 Å². The summed E-state index contributed by atoms with van der Waals surface area (Å²) in [6.07, 6.45) is 8.23. The summed E-state index contributed by atoms with van der Waals surface area (Å²) in [5.74, 6) is 0.0232. The molecule has 0 saturated heterocycles. The Hall–Kier alpha value is -3.39. The maximum atomic E-state index is 14.6. The molecule has 5 rings (SSSR count). The second-order valence-corrected chi connectivity index (χ2v) is 9.10. The van der Waals surface area contributed by atoms with Gasteiger partial charge in [0.15, 0.2) is 0 Å². The summed E-state index contributed by atoms with van der Waals surface area (Å²) in [5.41, 5.74) is 9.51. The molecule has 0 bridgehead atoms. The van der Waals surface area contributed by atoms with E-state index < -0.39 is 11.6 Å². The van der Waals surface area contributed by atoms with Crippen molar-refractivity contribution in [3.8, 4) is 11.3 Å². The minimum absolute atomic E-state index is 0.158. The van der Waals surface area contributed by atoms with E-state index in [4.69, 9.17) is 5.73 Å². The summed E-state index contributed by atoms with van der Waals surface area (Å²) >= 11 is 0. The molecule has 33 heavy (non-hydrogen) atoms. The fourth-order valence-electron chi connectivity index (χ4n) is 4.94. The Kier molecular flexibility index (Phi) is 5.54. The molecular weight excluding hydrogens is 422 g/mol. The van der Waals surface area contributed by atoms with Crippen LogP contribution >= 0.6 is 0 Å². The Morgan fingerprint density at radius 1 is 1.06 bits per heavy atom. The van der Waals surface area contributed by atoms with E-state index in [2.05, 4.69) is 27.3 Å². The van der Waals surface area contributed by atoms with Crippen LogP contribution in [0.3, 0.4) is 0 Å². The largest absolute Gasteiger partial charge is 0.328 e. The van der Waals surface area contributed by atoms with Crippen molar-refractivity contribution in [1.29, 1.82) is 0 Å². The summed E-state index contributed by atoms with van der Waals surface area (Å²) in [5, 5.41) is 7.83. The summed E-state index contributed by atoms with van der Waals surface area (Å²) in [6, 6.07) is 8.13. The third-order valence-electron chi connectivity index (χ3n) is 6.35. The van der Waals surface area contributed by atoms with Gasteiger partial charge in [-0.3, -0.25) is 4.98 Å². The number of nitrogens with one attached hydrogen (secondary N) is 1. The van der Waals surface area contributed by atoms with Crippen molar-refractivity contribution >= 4 is 17.2 Å². The first-order chi connectivity index (χ1) is 15.9. The average Bonchev–Trinajstić information content (AvgIpc) is 3.15. The Balaban J connectivity index is 1.52. The van der Waals surface area contributed by atoms with Crippen LogP contribution in [0, 0.1) is 24.5 Å². The lowest BCUT2D eigenvalue weighted by Gasteiger charge is -2.32. The molecule has 0 amide bonds. The minimum atomic E-state index is -0.647. The molecule has 6 nitrogen and oxygen atoms in total. The van der Waals surface area contributed by atoms with E-state index in [-0.39, 0.29) is 17.3 Å². The summed E-state index contributed by atoms with van der Waals surface area (Å²) < 4.78 is 30.7. The predicted octanol–water partition coefficient (Wildman–Crippen LogP) is 5.35. The first-order valence-corrected chi connectivity index (χ1v) is 11.2. The fraction of sp³-hybridized carbons (Fsp3) is 0.320. The lowest BCUT2D eigenvalue weighted by molar-refractivity contribution is 0.308. The highest BCUT2D eigenvalue weighted by Gasteiger charge is 2.27. The topological polar surface area (TPSA) is 81.1 Å². The average molecular weight is 449 g/mol. The van der Waals surface area contributed by atoms with E-state index in [1.807, 2.05) is 6.07 Å². The number of hydrogen-bond acceptors (Lipinski definition) is 5. The Bertz CT molecular complexity index is 1280. The van der Waals surface area contributed by atoms with Crippen molar-refractivity contribution in [2.75, 3.05) is 5.32 Å². The van der Waals surface area contributed by atoms with Crippen LogP contribution < -0.4 is 11.1 Å². The van der Waals surface area contributed by atoms with Crippen LogP contribution in [0.15, 0.2) is 48.9 Å². The fourth-order valence-corrected chi connectivity index (χ4v) is 4.94. The predicted molar refractivity (Wildman–Crippen MR) is 124 cm³/mol. The molecule has 0 radical (unpaired) electrons. The Labute approximate surface area is 190 Å². The number of halogens is 2. The zero-order valence-electron chi connectivity index (χ0n) is 18.6. The first kappa shape index (κ1) is 21.5. The molecule has 1 aliphatic rings. The van der Waals surface area contributed by atoms with Crippen molar-refractivity contribution in [3.63, 3.8) is 0 Å².